The lowest BCUT2D eigenvalue weighted by Gasteiger charge is -2.26. The summed E-state index contributed by atoms with van der Waals surface area (Å²) in [6.45, 7) is 3.38. The number of benzene rings is 1. The summed E-state index contributed by atoms with van der Waals surface area (Å²) in [7, 11) is 5.40. The van der Waals surface area contributed by atoms with Crippen LogP contribution in [-0.4, -0.2) is 80.0 Å². The molecule has 1 fully saturated rings. The van der Waals surface area contributed by atoms with Gasteiger partial charge in [-0.05, 0) is 56.0 Å². The van der Waals surface area contributed by atoms with E-state index in [-0.39, 0.29) is 17.8 Å². The summed E-state index contributed by atoms with van der Waals surface area (Å²) in [6.07, 6.45) is 5.68. The molecule has 30 heavy (non-hydrogen) atoms. The quantitative estimate of drug-likeness (QED) is 0.349. The van der Waals surface area contributed by atoms with Gasteiger partial charge in [-0.25, -0.2) is 4.39 Å². The van der Waals surface area contributed by atoms with E-state index in [0.29, 0.717) is 6.54 Å². The van der Waals surface area contributed by atoms with Gasteiger partial charge in [-0.3, -0.25) is 14.7 Å². The first-order valence-corrected chi connectivity index (χ1v) is 10.6. The van der Waals surface area contributed by atoms with Gasteiger partial charge in [0.05, 0.1) is 6.04 Å². The molecule has 1 amide bonds. The van der Waals surface area contributed by atoms with Crippen LogP contribution in [0.1, 0.15) is 24.8 Å². The molecule has 8 heteroatoms. The normalized spacial score (nSPS) is 17.5. The number of aromatic nitrogens is 1. The minimum absolute atomic E-state index is 0.0263. The second-order valence-corrected chi connectivity index (χ2v) is 7.96. The van der Waals surface area contributed by atoms with Gasteiger partial charge in [-0.1, -0.05) is 0 Å². The van der Waals surface area contributed by atoms with Gasteiger partial charge < -0.3 is 20.5 Å². The lowest BCUT2D eigenvalue weighted by Crippen LogP contribution is -2.44. The Bertz CT molecular complexity index is 878. The number of H-pyrrole nitrogens is 1. The third kappa shape index (κ3) is 5.50. The van der Waals surface area contributed by atoms with E-state index in [4.69, 9.17) is 0 Å². The fourth-order valence-electron chi connectivity index (χ4n) is 4.05. The third-order valence-electron chi connectivity index (χ3n) is 5.64. The summed E-state index contributed by atoms with van der Waals surface area (Å²) in [5, 5.41) is 7.57. The van der Waals surface area contributed by atoms with Crippen molar-refractivity contribution in [3.63, 3.8) is 0 Å². The summed E-state index contributed by atoms with van der Waals surface area (Å²) in [4.78, 5) is 23.7. The highest BCUT2D eigenvalue weighted by Gasteiger charge is 2.30. The molecule has 1 aliphatic heterocycles. The molecule has 1 aromatic carbocycles. The van der Waals surface area contributed by atoms with Gasteiger partial charge in [-0.2, -0.15) is 0 Å². The minimum atomic E-state index is -0.221. The van der Waals surface area contributed by atoms with E-state index in [0.717, 1.165) is 67.7 Å². The second-order valence-electron chi connectivity index (χ2n) is 7.96. The average molecular weight is 417 g/mol. The molecule has 2 aromatic rings. The predicted molar refractivity (Wildman–Crippen MR) is 119 cm³/mol. The van der Waals surface area contributed by atoms with Crippen LogP contribution in [0.25, 0.3) is 10.9 Å². The van der Waals surface area contributed by atoms with Gasteiger partial charge in [0, 0.05) is 57.9 Å². The maximum atomic E-state index is 13.5. The van der Waals surface area contributed by atoms with Crippen molar-refractivity contribution >= 4 is 22.8 Å². The number of aliphatic imine (C=N–C) groups is 1. The Kier molecular flexibility index (Phi) is 7.68. The molecule has 0 saturated carbocycles. The summed E-state index contributed by atoms with van der Waals surface area (Å²) < 4.78 is 13.5. The number of hydrogen-bond donors (Lipinski definition) is 3. The van der Waals surface area contributed by atoms with Crippen LogP contribution >= 0.6 is 0 Å². The molecular weight excluding hydrogens is 383 g/mol. The van der Waals surface area contributed by atoms with Crippen molar-refractivity contribution in [3.05, 3.63) is 35.8 Å². The zero-order valence-electron chi connectivity index (χ0n) is 18.2. The molecular formula is C22H33FN6O. The second kappa shape index (κ2) is 10.4. The standard InChI is InChI=1S/C22H33FN6O/c1-24-22(25-10-5-13-29-12-4-6-20(29)21(30)28(2)3)26-11-9-16-15-27-19-8-7-17(23)14-18(16)19/h7-8,14-15,20,27H,4-6,9-13H2,1-3H3,(H2,24,25,26). The number of likely N-dealkylation sites (N-methyl/N-ethyl adjacent to an activating group) is 1. The lowest BCUT2D eigenvalue weighted by atomic mass is 10.1. The summed E-state index contributed by atoms with van der Waals surface area (Å²) in [6, 6.07) is 4.83. The van der Waals surface area contributed by atoms with Crippen molar-refractivity contribution < 1.29 is 9.18 Å². The molecule has 1 atom stereocenters. The van der Waals surface area contributed by atoms with Crippen molar-refractivity contribution in [1.29, 1.82) is 0 Å². The van der Waals surface area contributed by atoms with Gasteiger partial charge in [-0.15, -0.1) is 0 Å². The number of guanidine groups is 1. The molecule has 3 rings (SSSR count). The summed E-state index contributed by atoms with van der Waals surface area (Å²) >= 11 is 0. The van der Waals surface area contributed by atoms with E-state index in [1.807, 2.05) is 20.3 Å². The molecule has 1 aliphatic rings. The van der Waals surface area contributed by atoms with Crippen LogP contribution in [0, 0.1) is 5.82 Å². The number of halogens is 1. The first-order valence-electron chi connectivity index (χ1n) is 10.6. The Hall–Kier alpha value is -2.61. The third-order valence-corrected chi connectivity index (χ3v) is 5.64. The average Bonchev–Trinajstić information content (AvgIpc) is 3.36. The van der Waals surface area contributed by atoms with Crippen LogP contribution in [0.3, 0.4) is 0 Å². The number of rotatable bonds is 8. The fourth-order valence-corrected chi connectivity index (χ4v) is 4.05. The number of nitrogens with zero attached hydrogens (tertiary/aromatic N) is 3. The Morgan fingerprint density at radius 2 is 2.13 bits per heavy atom. The Morgan fingerprint density at radius 3 is 2.90 bits per heavy atom. The van der Waals surface area contributed by atoms with E-state index in [1.54, 1.807) is 24.1 Å². The molecule has 1 aromatic heterocycles. The van der Waals surface area contributed by atoms with E-state index in [1.165, 1.54) is 6.07 Å². The number of hydrogen-bond acceptors (Lipinski definition) is 3. The number of aromatic amines is 1. The Morgan fingerprint density at radius 1 is 1.33 bits per heavy atom. The van der Waals surface area contributed by atoms with Crippen molar-refractivity contribution in [1.82, 2.24) is 25.4 Å². The monoisotopic (exact) mass is 416 g/mol. The van der Waals surface area contributed by atoms with E-state index < -0.39 is 0 Å². The van der Waals surface area contributed by atoms with Crippen molar-refractivity contribution in [2.24, 2.45) is 4.99 Å². The molecule has 7 nitrogen and oxygen atoms in total. The highest BCUT2D eigenvalue weighted by molar-refractivity contribution is 5.83. The van der Waals surface area contributed by atoms with Crippen LogP contribution in [0.2, 0.25) is 0 Å². The topological polar surface area (TPSA) is 75.8 Å². The minimum Gasteiger partial charge on any atom is -0.361 e. The van der Waals surface area contributed by atoms with Gasteiger partial charge in [0.2, 0.25) is 5.91 Å². The van der Waals surface area contributed by atoms with Gasteiger partial charge >= 0.3 is 0 Å². The Labute approximate surface area is 177 Å². The van der Waals surface area contributed by atoms with Crippen LogP contribution in [0.15, 0.2) is 29.4 Å². The number of carbonyl (C=O) groups is 1. The largest absolute Gasteiger partial charge is 0.361 e. The van der Waals surface area contributed by atoms with Crippen LogP contribution in [0.5, 0.6) is 0 Å². The predicted octanol–water partition coefficient (Wildman–Crippen LogP) is 1.96. The molecule has 0 radical (unpaired) electrons. The molecule has 0 bridgehead atoms. The molecule has 2 heterocycles. The first-order chi connectivity index (χ1) is 14.5. The van der Waals surface area contributed by atoms with Crippen LogP contribution in [-0.2, 0) is 11.2 Å². The molecule has 164 valence electrons. The highest BCUT2D eigenvalue weighted by atomic mass is 19.1. The number of amides is 1. The molecule has 3 N–H and O–H groups in total. The van der Waals surface area contributed by atoms with Crippen molar-refractivity contribution in [2.45, 2.75) is 31.7 Å². The molecule has 1 unspecified atom stereocenters. The van der Waals surface area contributed by atoms with Gasteiger partial charge in [0.15, 0.2) is 5.96 Å². The Balaban J connectivity index is 1.39. The van der Waals surface area contributed by atoms with Gasteiger partial charge in [0.25, 0.3) is 0 Å². The number of carbonyl (C=O) groups excluding carboxylic acids is 1. The molecule has 0 spiro atoms. The maximum absolute atomic E-state index is 13.5. The highest BCUT2D eigenvalue weighted by Crippen LogP contribution is 2.20. The zero-order chi connectivity index (χ0) is 21.5. The summed E-state index contributed by atoms with van der Waals surface area (Å²) in [5.74, 6) is 0.736. The fraction of sp³-hybridized carbons (Fsp3) is 0.545. The van der Waals surface area contributed by atoms with Crippen molar-refractivity contribution in [3.8, 4) is 0 Å². The maximum Gasteiger partial charge on any atom is 0.239 e. The number of fused-ring (bicyclic) bond motifs is 1. The van der Waals surface area contributed by atoms with Gasteiger partial charge in [0.1, 0.15) is 5.82 Å². The first kappa shape index (κ1) is 22.1. The zero-order valence-corrected chi connectivity index (χ0v) is 18.2. The van der Waals surface area contributed by atoms with E-state index in [2.05, 4.69) is 25.5 Å². The SMILES string of the molecule is CN=C(NCCCN1CCCC1C(=O)N(C)C)NCCc1c[nH]c2ccc(F)cc12. The summed E-state index contributed by atoms with van der Waals surface area (Å²) in [5.41, 5.74) is 2.03. The van der Waals surface area contributed by atoms with E-state index in [9.17, 15) is 9.18 Å². The van der Waals surface area contributed by atoms with E-state index >= 15 is 0 Å². The number of likely N-dealkylation sites (tertiary alicyclic amines) is 1. The lowest BCUT2D eigenvalue weighted by molar-refractivity contribution is -0.133. The number of nitrogens with one attached hydrogen (secondary N) is 3. The molecule has 0 aliphatic carbocycles. The van der Waals surface area contributed by atoms with Crippen LogP contribution < -0.4 is 10.6 Å². The van der Waals surface area contributed by atoms with Crippen molar-refractivity contribution in [2.75, 3.05) is 47.3 Å². The smallest absolute Gasteiger partial charge is 0.239 e. The molecule has 1 saturated heterocycles. The van der Waals surface area contributed by atoms with Crippen LogP contribution in [0.4, 0.5) is 4.39 Å².